The molecule has 0 aliphatic heterocycles. The molecule has 0 saturated heterocycles. The van der Waals surface area contributed by atoms with Gasteiger partial charge in [0.15, 0.2) is 0 Å². The van der Waals surface area contributed by atoms with E-state index in [1.54, 1.807) is 12.1 Å². The van der Waals surface area contributed by atoms with Crippen molar-refractivity contribution < 1.29 is 10.2 Å². The minimum absolute atomic E-state index is 0.135. The number of aromatic hydroxyl groups is 2. The van der Waals surface area contributed by atoms with E-state index in [-0.39, 0.29) is 11.5 Å². The van der Waals surface area contributed by atoms with Gasteiger partial charge in [0, 0.05) is 0 Å². The molecule has 2 nitrogen and oxygen atoms in total. The Labute approximate surface area is 82.4 Å². The van der Waals surface area contributed by atoms with Crippen molar-refractivity contribution in [2.75, 3.05) is 0 Å². The largest absolute Gasteiger partial charge is 0.507 e. The lowest BCUT2D eigenvalue weighted by atomic mass is 10.0. The van der Waals surface area contributed by atoms with Crippen LogP contribution in [0.15, 0.2) is 30.3 Å². The van der Waals surface area contributed by atoms with Crippen LogP contribution in [0.4, 0.5) is 0 Å². The quantitative estimate of drug-likeness (QED) is 0.722. The van der Waals surface area contributed by atoms with Crippen LogP contribution in [0, 0.1) is 0 Å². The standard InChI is InChI=1S/C12H12O2/c1-2-8-6-7-9-4-3-5-10(13)11(9)12(8)14/h3-7,13-14H,2H2,1H3. The van der Waals surface area contributed by atoms with E-state index in [1.165, 1.54) is 0 Å². The summed E-state index contributed by atoms with van der Waals surface area (Å²) in [7, 11) is 0. The van der Waals surface area contributed by atoms with E-state index < -0.39 is 0 Å². The predicted molar refractivity (Wildman–Crippen MR) is 56.7 cm³/mol. The van der Waals surface area contributed by atoms with Gasteiger partial charge in [0.05, 0.1) is 5.39 Å². The van der Waals surface area contributed by atoms with Crippen LogP contribution in [-0.4, -0.2) is 10.2 Å². The van der Waals surface area contributed by atoms with E-state index in [0.717, 1.165) is 17.4 Å². The van der Waals surface area contributed by atoms with Gasteiger partial charge in [0.1, 0.15) is 11.5 Å². The van der Waals surface area contributed by atoms with E-state index in [4.69, 9.17) is 0 Å². The number of phenols is 2. The van der Waals surface area contributed by atoms with E-state index in [9.17, 15) is 10.2 Å². The molecule has 0 heterocycles. The van der Waals surface area contributed by atoms with Crippen LogP contribution in [0.3, 0.4) is 0 Å². The molecule has 0 bridgehead atoms. The van der Waals surface area contributed by atoms with Gasteiger partial charge in [-0.15, -0.1) is 0 Å². The minimum Gasteiger partial charge on any atom is -0.507 e. The first-order valence-electron chi connectivity index (χ1n) is 4.66. The molecule has 0 radical (unpaired) electrons. The molecule has 0 spiro atoms. The maximum absolute atomic E-state index is 9.87. The Morgan fingerprint density at radius 3 is 2.57 bits per heavy atom. The molecular formula is C12H12O2. The highest BCUT2D eigenvalue weighted by Gasteiger charge is 2.07. The van der Waals surface area contributed by atoms with Gasteiger partial charge in [0.2, 0.25) is 0 Å². The van der Waals surface area contributed by atoms with Crippen LogP contribution in [-0.2, 0) is 6.42 Å². The van der Waals surface area contributed by atoms with Gasteiger partial charge < -0.3 is 10.2 Å². The number of hydrogen-bond acceptors (Lipinski definition) is 2. The third-order valence-corrected chi connectivity index (χ3v) is 2.46. The van der Waals surface area contributed by atoms with Crippen molar-refractivity contribution >= 4 is 10.8 Å². The van der Waals surface area contributed by atoms with Crippen molar-refractivity contribution in [2.45, 2.75) is 13.3 Å². The van der Waals surface area contributed by atoms with E-state index in [0.29, 0.717) is 5.39 Å². The highest BCUT2D eigenvalue weighted by atomic mass is 16.3. The third kappa shape index (κ3) is 1.20. The Balaban J connectivity index is 2.86. The summed E-state index contributed by atoms with van der Waals surface area (Å²) in [4.78, 5) is 0. The van der Waals surface area contributed by atoms with Gasteiger partial charge in [-0.2, -0.15) is 0 Å². The normalized spacial score (nSPS) is 10.6. The van der Waals surface area contributed by atoms with Crippen LogP contribution in [0.2, 0.25) is 0 Å². The number of fused-ring (bicyclic) bond motifs is 1. The predicted octanol–water partition coefficient (Wildman–Crippen LogP) is 2.81. The summed E-state index contributed by atoms with van der Waals surface area (Å²) in [6.07, 6.45) is 0.760. The molecule has 0 aliphatic carbocycles. The summed E-state index contributed by atoms with van der Waals surface area (Å²) in [5.41, 5.74) is 0.860. The molecule has 72 valence electrons. The first-order valence-corrected chi connectivity index (χ1v) is 4.66. The van der Waals surface area contributed by atoms with E-state index in [2.05, 4.69) is 0 Å². The molecule has 2 heteroatoms. The summed E-state index contributed by atoms with van der Waals surface area (Å²) >= 11 is 0. The fourth-order valence-electron chi connectivity index (χ4n) is 1.67. The van der Waals surface area contributed by atoms with Crippen molar-refractivity contribution in [3.63, 3.8) is 0 Å². The molecule has 14 heavy (non-hydrogen) atoms. The monoisotopic (exact) mass is 188 g/mol. The van der Waals surface area contributed by atoms with Crippen LogP contribution < -0.4 is 0 Å². The van der Waals surface area contributed by atoms with Gasteiger partial charge in [-0.3, -0.25) is 0 Å². The number of phenolic OH excluding ortho intramolecular Hbond substituents is 2. The molecule has 0 unspecified atom stereocenters. The van der Waals surface area contributed by atoms with Gasteiger partial charge >= 0.3 is 0 Å². The summed E-state index contributed by atoms with van der Waals surface area (Å²) in [6.45, 7) is 1.97. The zero-order chi connectivity index (χ0) is 10.1. The van der Waals surface area contributed by atoms with Gasteiger partial charge in [-0.1, -0.05) is 31.2 Å². The summed E-state index contributed by atoms with van der Waals surface area (Å²) < 4.78 is 0. The van der Waals surface area contributed by atoms with Gasteiger partial charge in [-0.25, -0.2) is 0 Å². The molecule has 2 aromatic carbocycles. The molecule has 2 aromatic rings. The smallest absolute Gasteiger partial charge is 0.130 e. The second-order valence-electron chi connectivity index (χ2n) is 3.30. The number of rotatable bonds is 1. The van der Waals surface area contributed by atoms with E-state index in [1.807, 2.05) is 25.1 Å². The minimum atomic E-state index is 0.135. The topological polar surface area (TPSA) is 40.5 Å². The highest BCUT2D eigenvalue weighted by Crippen LogP contribution is 2.35. The molecule has 0 saturated carbocycles. The Kier molecular flexibility index (Phi) is 2.04. The molecule has 0 atom stereocenters. The first-order chi connectivity index (χ1) is 6.74. The Bertz CT molecular complexity index is 475. The lowest BCUT2D eigenvalue weighted by molar-refractivity contribution is 0.460. The molecular weight excluding hydrogens is 176 g/mol. The maximum Gasteiger partial charge on any atom is 0.130 e. The average Bonchev–Trinajstić information content (AvgIpc) is 2.18. The average molecular weight is 188 g/mol. The summed E-state index contributed by atoms with van der Waals surface area (Å²) in [5.74, 6) is 0.332. The molecule has 0 aliphatic rings. The second-order valence-corrected chi connectivity index (χ2v) is 3.30. The fraction of sp³-hybridized carbons (Fsp3) is 0.167. The zero-order valence-corrected chi connectivity index (χ0v) is 7.99. The van der Waals surface area contributed by atoms with Crippen LogP contribution in [0.25, 0.3) is 10.8 Å². The zero-order valence-electron chi connectivity index (χ0n) is 7.99. The Hall–Kier alpha value is -1.70. The molecule has 0 amide bonds. The lowest BCUT2D eigenvalue weighted by Gasteiger charge is -2.07. The first kappa shape index (κ1) is 8.88. The van der Waals surface area contributed by atoms with Crippen LogP contribution >= 0.6 is 0 Å². The molecule has 2 N–H and O–H groups in total. The second kappa shape index (κ2) is 3.22. The van der Waals surface area contributed by atoms with Gasteiger partial charge in [0.25, 0.3) is 0 Å². The van der Waals surface area contributed by atoms with E-state index >= 15 is 0 Å². The summed E-state index contributed by atoms with van der Waals surface area (Å²) in [6, 6.07) is 9.02. The molecule has 2 rings (SSSR count). The Morgan fingerprint density at radius 2 is 1.86 bits per heavy atom. The number of hydrogen-bond donors (Lipinski definition) is 2. The van der Waals surface area contributed by atoms with Crippen molar-refractivity contribution in [3.05, 3.63) is 35.9 Å². The number of aryl methyl sites for hydroxylation is 1. The van der Waals surface area contributed by atoms with Crippen LogP contribution in [0.5, 0.6) is 11.5 Å². The van der Waals surface area contributed by atoms with Crippen molar-refractivity contribution in [1.82, 2.24) is 0 Å². The molecule has 0 aromatic heterocycles. The molecule has 0 fully saturated rings. The summed E-state index contributed by atoms with van der Waals surface area (Å²) in [5, 5.41) is 20.9. The SMILES string of the molecule is CCc1ccc2cccc(O)c2c1O. The van der Waals surface area contributed by atoms with Crippen molar-refractivity contribution in [1.29, 1.82) is 0 Å². The fourth-order valence-corrected chi connectivity index (χ4v) is 1.67. The number of benzene rings is 2. The highest BCUT2D eigenvalue weighted by molar-refractivity contribution is 5.94. The lowest BCUT2D eigenvalue weighted by Crippen LogP contribution is -1.83. The van der Waals surface area contributed by atoms with Crippen molar-refractivity contribution in [2.24, 2.45) is 0 Å². The van der Waals surface area contributed by atoms with Gasteiger partial charge in [-0.05, 0) is 23.4 Å². The van der Waals surface area contributed by atoms with Crippen molar-refractivity contribution in [3.8, 4) is 11.5 Å². The third-order valence-electron chi connectivity index (χ3n) is 2.46. The van der Waals surface area contributed by atoms with Crippen LogP contribution in [0.1, 0.15) is 12.5 Å². The Morgan fingerprint density at radius 1 is 1.07 bits per heavy atom. The maximum atomic E-state index is 9.87.